The van der Waals surface area contributed by atoms with Crippen molar-refractivity contribution in [1.29, 1.82) is 0 Å². The van der Waals surface area contributed by atoms with Gasteiger partial charge in [0.1, 0.15) is 5.71 Å². The number of hydrogen-bond acceptors (Lipinski definition) is 6. The standard InChI is InChI=1S/C31H23N3O2S2/c1-20(37)27(29(38)23-16-9-4-10-17-23)33-32-25-19-11-18-24-26(25)31(36)34(30(24)35)28(21-12-5-2-6-13-21)22-14-7-3-8-15-22/h2-19,28,32H,1H3. The number of hydrazone groups is 1. The normalized spacial score (nSPS) is 13.0. The smallest absolute Gasteiger partial charge is 0.264 e. The first-order valence-corrected chi connectivity index (χ1v) is 12.8. The van der Waals surface area contributed by atoms with Gasteiger partial charge < -0.3 is 0 Å². The van der Waals surface area contributed by atoms with Gasteiger partial charge in [-0.1, -0.05) is 121 Å². The summed E-state index contributed by atoms with van der Waals surface area (Å²) in [4.78, 5) is 29.9. The van der Waals surface area contributed by atoms with Gasteiger partial charge in [-0.15, -0.1) is 0 Å². The fraction of sp³-hybridized carbons (Fsp3) is 0.0645. The molecule has 1 heterocycles. The highest BCUT2D eigenvalue weighted by Gasteiger charge is 2.42. The third-order valence-corrected chi connectivity index (χ3v) is 6.93. The van der Waals surface area contributed by atoms with Crippen LogP contribution >= 0.6 is 24.4 Å². The van der Waals surface area contributed by atoms with Crippen LogP contribution in [0.15, 0.2) is 114 Å². The Bertz CT molecular complexity index is 1530. The van der Waals surface area contributed by atoms with Crippen LogP contribution in [-0.4, -0.2) is 32.2 Å². The zero-order chi connectivity index (χ0) is 26.6. The molecule has 0 atom stereocenters. The lowest BCUT2D eigenvalue weighted by molar-refractivity contribution is 0.0609. The van der Waals surface area contributed by atoms with E-state index in [4.69, 9.17) is 24.4 Å². The van der Waals surface area contributed by atoms with E-state index >= 15 is 0 Å². The summed E-state index contributed by atoms with van der Waals surface area (Å²) in [6.07, 6.45) is 0. The van der Waals surface area contributed by atoms with Crippen molar-refractivity contribution in [2.45, 2.75) is 13.0 Å². The summed E-state index contributed by atoms with van der Waals surface area (Å²) in [5.74, 6) is -0.756. The zero-order valence-electron chi connectivity index (χ0n) is 20.5. The van der Waals surface area contributed by atoms with E-state index in [9.17, 15) is 9.59 Å². The largest absolute Gasteiger partial charge is 0.277 e. The van der Waals surface area contributed by atoms with Crippen molar-refractivity contribution in [3.05, 3.63) is 137 Å². The van der Waals surface area contributed by atoms with Crippen molar-refractivity contribution in [2.75, 3.05) is 5.43 Å². The van der Waals surface area contributed by atoms with Crippen LogP contribution in [0, 0.1) is 0 Å². The molecule has 0 unspecified atom stereocenters. The number of imide groups is 1. The van der Waals surface area contributed by atoms with Crippen molar-refractivity contribution in [3.8, 4) is 0 Å². The molecule has 1 N–H and O–H groups in total. The number of hydrogen-bond donors (Lipinski definition) is 1. The van der Waals surface area contributed by atoms with Crippen molar-refractivity contribution in [1.82, 2.24) is 4.90 Å². The molecular weight excluding hydrogens is 510 g/mol. The fourth-order valence-electron chi connectivity index (χ4n) is 4.52. The molecule has 5 nitrogen and oxygen atoms in total. The quantitative estimate of drug-likeness (QED) is 0.0904. The Balaban J connectivity index is 1.53. The molecule has 2 amide bonds. The van der Waals surface area contributed by atoms with Crippen LogP contribution < -0.4 is 5.43 Å². The lowest BCUT2D eigenvalue weighted by Crippen LogP contribution is -2.34. The van der Waals surface area contributed by atoms with Gasteiger partial charge in [-0.05, 0) is 35.7 Å². The maximum Gasteiger partial charge on any atom is 0.264 e. The monoisotopic (exact) mass is 533 g/mol. The predicted molar refractivity (Wildman–Crippen MR) is 159 cm³/mol. The topological polar surface area (TPSA) is 61.8 Å². The summed E-state index contributed by atoms with van der Waals surface area (Å²) in [5, 5.41) is 4.50. The molecule has 4 aromatic carbocycles. The van der Waals surface area contributed by atoms with E-state index < -0.39 is 11.9 Å². The molecule has 0 aliphatic carbocycles. The Kier molecular flexibility index (Phi) is 7.31. The first kappa shape index (κ1) is 25.3. The summed E-state index contributed by atoms with van der Waals surface area (Å²) < 4.78 is 0. The summed E-state index contributed by atoms with van der Waals surface area (Å²) in [6.45, 7) is 1.75. The highest BCUT2D eigenvalue weighted by atomic mass is 32.1. The molecule has 0 saturated heterocycles. The van der Waals surface area contributed by atoms with Gasteiger partial charge >= 0.3 is 0 Å². The summed E-state index contributed by atoms with van der Waals surface area (Å²) in [7, 11) is 0. The third kappa shape index (κ3) is 4.81. The number of carbonyl (C=O) groups excluding carboxylic acids is 2. The van der Waals surface area contributed by atoms with Crippen LogP contribution in [0.2, 0.25) is 0 Å². The number of thiocarbonyl (C=S) groups is 2. The molecule has 0 spiro atoms. The van der Waals surface area contributed by atoms with E-state index in [1.54, 1.807) is 25.1 Å². The number of nitrogens with zero attached hydrogens (tertiary/aromatic N) is 2. The summed E-state index contributed by atoms with van der Waals surface area (Å²) in [6, 6.07) is 33.1. The van der Waals surface area contributed by atoms with Crippen LogP contribution in [0.3, 0.4) is 0 Å². The van der Waals surface area contributed by atoms with Gasteiger partial charge in [-0.25, -0.2) is 0 Å². The summed E-state index contributed by atoms with van der Waals surface area (Å²) >= 11 is 11.1. The Labute approximate surface area is 231 Å². The molecule has 0 saturated carbocycles. The lowest BCUT2D eigenvalue weighted by Gasteiger charge is -2.27. The minimum atomic E-state index is -0.578. The van der Waals surface area contributed by atoms with E-state index in [1.165, 1.54) is 4.90 Å². The van der Waals surface area contributed by atoms with E-state index in [0.29, 0.717) is 26.7 Å². The average molecular weight is 534 g/mol. The fourth-order valence-corrected chi connectivity index (χ4v) is 5.07. The number of anilines is 1. The molecule has 0 fully saturated rings. The Hall–Kier alpha value is -4.33. The second kappa shape index (κ2) is 11.0. The zero-order valence-corrected chi connectivity index (χ0v) is 22.1. The Morgan fingerprint density at radius 3 is 1.84 bits per heavy atom. The van der Waals surface area contributed by atoms with E-state index in [1.807, 2.05) is 91.0 Å². The first-order chi connectivity index (χ1) is 18.5. The number of rotatable bonds is 8. The SMILES string of the molecule is CC(=S)C(=NNc1cccc2c1C(=O)N(C(c1ccccc1)c1ccccc1)C2=O)C(=S)c1ccccc1. The molecule has 1 aliphatic rings. The predicted octanol–water partition coefficient (Wildman–Crippen LogP) is 6.65. The average Bonchev–Trinajstić information content (AvgIpc) is 3.20. The molecule has 0 bridgehead atoms. The van der Waals surface area contributed by atoms with Gasteiger partial charge in [-0.2, -0.15) is 5.10 Å². The Morgan fingerprint density at radius 1 is 0.737 bits per heavy atom. The van der Waals surface area contributed by atoms with Gasteiger partial charge in [0.25, 0.3) is 11.8 Å². The van der Waals surface area contributed by atoms with Gasteiger partial charge in [0.15, 0.2) is 0 Å². The van der Waals surface area contributed by atoms with Crippen LogP contribution in [0.4, 0.5) is 5.69 Å². The van der Waals surface area contributed by atoms with E-state index in [0.717, 1.165) is 16.7 Å². The molecule has 38 heavy (non-hydrogen) atoms. The van der Waals surface area contributed by atoms with Gasteiger partial charge in [0, 0.05) is 4.86 Å². The second-order valence-corrected chi connectivity index (χ2v) is 9.78. The number of fused-ring (bicyclic) bond motifs is 1. The minimum absolute atomic E-state index is 0.269. The molecular formula is C31H23N3O2S2. The van der Waals surface area contributed by atoms with Crippen LogP contribution in [-0.2, 0) is 0 Å². The lowest BCUT2D eigenvalue weighted by atomic mass is 9.97. The van der Waals surface area contributed by atoms with Gasteiger partial charge in [0.05, 0.1) is 27.7 Å². The van der Waals surface area contributed by atoms with E-state index in [-0.39, 0.29) is 11.5 Å². The van der Waals surface area contributed by atoms with Crippen molar-refractivity contribution < 1.29 is 9.59 Å². The third-order valence-electron chi connectivity index (χ3n) is 6.31. The molecule has 7 heteroatoms. The van der Waals surface area contributed by atoms with Crippen molar-refractivity contribution in [3.63, 3.8) is 0 Å². The van der Waals surface area contributed by atoms with Crippen LogP contribution in [0.25, 0.3) is 0 Å². The maximum atomic E-state index is 13.9. The van der Waals surface area contributed by atoms with Crippen LogP contribution in [0.1, 0.15) is 50.4 Å². The second-order valence-electron chi connectivity index (χ2n) is 8.76. The van der Waals surface area contributed by atoms with Gasteiger partial charge in [-0.3, -0.25) is 19.9 Å². The minimum Gasteiger partial charge on any atom is -0.277 e. The first-order valence-electron chi connectivity index (χ1n) is 12.0. The Morgan fingerprint density at radius 2 is 1.29 bits per heavy atom. The molecule has 1 aliphatic heterocycles. The molecule has 186 valence electrons. The van der Waals surface area contributed by atoms with Gasteiger partial charge in [0.2, 0.25) is 0 Å². The number of benzene rings is 4. The molecule has 0 radical (unpaired) electrons. The molecule has 5 rings (SSSR count). The van der Waals surface area contributed by atoms with E-state index in [2.05, 4.69) is 10.5 Å². The summed E-state index contributed by atoms with van der Waals surface area (Å²) in [5.41, 5.74) is 6.90. The highest BCUT2D eigenvalue weighted by molar-refractivity contribution is 7.86. The molecule has 0 aromatic heterocycles. The molecule has 4 aromatic rings. The van der Waals surface area contributed by atoms with Crippen LogP contribution in [0.5, 0.6) is 0 Å². The number of amides is 2. The number of nitrogens with one attached hydrogen (secondary N) is 1. The maximum absolute atomic E-state index is 13.9. The highest BCUT2D eigenvalue weighted by Crippen LogP contribution is 2.38. The van der Waals surface area contributed by atoms with Crippen molar-refractivity contribution in [2.24, 2.45) is 5.10 Å². The number of carbonyl (C=O) groups is 2. The van der Waals surface area contributed by atoms with Crippen molar-refractivity contribution >= 4 is 57.4 Å².